The van der Waals surface area contributed by atoms with Gasteiger partial charge in [-0.05, 0) is 31.2 Å². The quantitative estimate of drug-likeness (QED) is 0.838. The van der Waals surface area contributed by atoms with E-state index in [1.54, 1.807) is 7.11 Å². The Balaban J connectivity index is 1.60. The molecule has 4 heteroatoms. The first-order valence-electron chi connectivity index (χ1n) is 8.66. The third-order valence-electron chi connectivity index (χ3n) is 5.24. The summed E-state index contributed by atoms with van der Waals surface area (Å²) in [5.74, 6) is 0.258. The van der Waals surface area contributed by atoms with Crippen LogP contribution in [0.4, 0.5) is 0 Å². The lowest BCUT2D eigenvalue weighted by atomic mass is 9.73. The van der Waals surface area contributed by atoms with Gasteiger partial charge >= 0.3 is 0 Å². The van der Waals surface area contributed by atoms with Gasteiger partial charge in [0.2, 0.25) is 5.91 Å². The van der Waals surface area contributed by atoms with E-state index in [0.717, 1.165) is 45.4 Å². The summed E-state index contributed by atoms with van der Waals surface area (Å²) in [7, 11) is 1.75. The normalized spacial score (nSPS) is 27.5. The van der Waals surface area contributed by atoms with Crippen molar-refractivity contribution in [3.8, 4) is 0 Å². The van der Waals surface area contributed by atoms with E-state index in [1.165, 1.54) is 5.56 Å². The van der Waals surface area contributed by atoms with Crippen LogP contribution in [0.2, 0.25) is 0 Å². The Kier molecular flexibility index (Phi) is 5.34. The molecule has 0 aliphatic carbocycles. The molecule has 0 bridgehead atoms. The van der Waals surface area contributed by atoms with E-state index >= 15 is 0 Å². The molecule has 0 N–H and O–H groups in total. The Morgan fingerprint density at radius 2 is 2.22 bits per heavy atom. The fourth-order valence-corrected chi connectivity index (χ4v) is 4.06. The topological polar surface area (TPSA) is 38.8 Å². The fraction of sp³-hybridized carbons (Fsp3) is 0.632. The van der Waals surface area contributed by atoms with Gasteiger partial charge in [0.15, 0.2) is 0 Å². The minimum atomic E-state index is -0.00629. The molecule has 0 radical (unpaired) electrons. The monoisotopic (exact) mass is 317 g/mol. The van der Waals surface area contributed by atoms with Crippen molar-refractivity contribution in [2.24, 2.45) is 5.41 Å². The highest BCUT2D eigenvalue weighted by Gasteiger charge is 2.46. The van der Waals surface area contributed by atoms with Crippen LogP contribution in [0, 0.1) is 5.41 Å². The molecule has 4 nitrogen and oxygen atoms in total. The van der Waals surface area contributed by atoms with Gasteiger partial charge in [0, 0.05) is 38.6 Å². The maximum atomic E-state index is 12.6. The molecule has 126 valence electrons. The molecule has 3 rings (SSSR count). The first-order valence-corrected chi connectivity index (χ1v) is 8.66. The molecule has 1 amide bonds. The van der Waals surface area contributed by atoms with Gasteiger partial charge in [0.1, 0.15) is 0 Å². The molecule has 1 aromatic rings. The first-order chi connectivity index (χ1) is 11.2. The minimum absolute atomic E-state index is 0.00629. The summed E-state index contributed by atoms with van der Waals surface area (Å²) < 4.78 is 11.5. The van der Waals surface area contributed by atoms with Gasteiger partial charge < -0.3 is 14.4 Å². The molecular weight excluding hydrogens is 290 g/mol. The Labute approximate surface area is 138 Å². The Bertz CT molecular complexity index is 515. The van der Waals surface area contributed by atoms with Crippen molar-refractivity contribution in [3.05, 3.63) is 35.9 Å². The number of ether oxygens (including phenoxy) is 2. The number of hydrogen-bond donors (Lipinski definition) is 0. The summed E-state index contributed by atoms with van der Waals surface area (Å²) in [6.07, 6.45) is 4.72. The van der Waals surface area contributed by atoms with Crippen LogP contribution in [-0.2, 0) is 20.7 Å². The lowest BCUT2D eigenvalue weighted by molar-refractivity contribution is -0.162. The number of benzene rings is 1. The van der Waals surface area contributed by atoms with E-state index < -0.39 is 0 Å². The molecule has 0 spiro atoms. The lowest BCUT2D eigenvalue weighted by Gasteiger charge is -2.50. The molecule has 23 heavy (non-hydrogen) atoms. The molecular formula is C19H27NO3. The lowest BCUT2D eigenvalue weighted by Crippen LogP contribution is -2.58. The molecule has 0 aromatic heterocycles. The molecule has 2 saturated heterocycles. The second-order valence-corrected chi connectivity index (χ2v) is 6.85. The van der Waals surface area contributed by atoms with Crippen molar-refractivity contribution in [2.45, 2.75) is 38.2 Å². The zero-order valence-electron chi connectivity index (χ0n) is 14.0. The number of hydrogen-bond acceptors (Lipinski definition) is 3. The van der Waals surface area contributed by atoms with Gasteiger partial charge in [-0.2, -0.15) is 0 Å². The maximum absolute atomic E-state index is 12.6. The number of carbonyl (C=O) groups is 1. The van der Waals surface area contributed by atoms with Crippen molar-refractivity contribution in [1.82, 2.24) is 4.90 Å². The molecule has 0 unspecified atom stereocenters. The van der Waals surface area contributed by atoms with Crippen LogP contribution in [0.5, 0.6) is 0 Å². The van der Waals surface area contributed by atoms with E-state index in [4.69, 9.17) is 9.47 Å². The molecule has 0 saturated carbocycles. The van der Waals surface area contributed by atoms with Gasteiger partial charge in [0.05, 0.1) is 12.7 Å². The largest absolute Gasteiger partial charge is 0.384 e. The number of methoxy groups -OCH3 is 1. The third kappa shape index (κ3) is 3.75. The second-order valence-electron chi connectivity index (χ2n) is 6.85. The predicted molar refractivity (Wildman–Crippen MR) is 89.2 cm³/mol. The van der Waals surface area contributed by atoms with Crippen molar-refractivity contribution in [2.75, 3.05) is 33.4 Å². The summed E-state index contributed by atoms with van der Waals surface area (Å²) in [6, 6.07) is 10.2. The smallest absolute Gasteiger partial charge is 0.222 e. The predicted octanol–water partition coefficient (Wildman–Crippen LogP) is 2.66. The Hall–Kier alpha value is -1.39. The average molecular weight is 317 g/mol. The fourth-order valence-electron chi connectivity index (χ4n) is 4.06. The minimum Gasteiger partial charge on any atom is -0.384 e. The summed E-state index contributed by atoms with van der Waals surface area (Å²) in [5.41, 5.74) is 1.22. The highest BCUT2D eigenvalue weighted by atomic mass is 16.5. The number of amides is 1. The Morgan fingerprint density at radius 1 is 1.39 bits per heavy atom. The molecule has 2 aliphatic heterocycles. The van der Waals surface area contributed by atoms with E-state index in [0.29, 0.717) is 13.0 Å². The van der Waals surface area contributed by atoms with Gasteiger partial charge in [-0.1, -0.05) is 30.3 Å². The SMILES string of the molecule is COC[C@@]12CCCO[C@H]1CCN(C(=O)CCc1ccccc1)C2. The zero-order valence-corrected chi connectivity index (χ0v) is 14.0. The molecule has 2 atom stereocenters. The van der Waals surface area contributed by atoms with E-state index in [-0.39, 0.29) is 17.4 Å². The van der Waals surface area contributed by atoms with E-state index in [1.807, 2.05) is 23.1 Å². The third-order valence-corrected chi connectivity index (χ3v) is 5.24. The number of fused-ring (bicyclic) bond motifs is 1. The van der Waals surface area contributed by atoms with Crippen LogP contribution in [-0.4, -0.2) is 50.3 Å². The van der Waals surface area contributed by atoms with Crippen LogP contribution in [0.3, 0.4) is 0 Å². The zero-order chi connectivity index (χ0) is 16.1. The number of nitrogens with zero attached hydrogens (tertiary/aromatic N) is 1. The van der Waals surface area contributed by atoms with Crippen LogP contribution in [0.15, 0.2) is 30.3 Å². The highest BCUT2D eigenvalue weighted by molar-refractivity contribution is 5.76. The number of likely N-dealkylation sites (tertiary alicyclic amines) is 1. The van der Waals surface area contributed by atoms with E-state index in [9.17, 15) is 4.79 Å². The number of carbonyl (C=O) groups excluding carboxylic acids is 1. The van der Waals surface area contributed by atoms with Crippen LogP contribution in [0.25, 0.3) is 0 Å². The van der Waals surface area contributed by atoms with Gasteiger partial charge in [-0.3, -0.25) is 4.79 Å². The van der Waals surface area contributed by atoms with Crippen LogP contribution >= 0.6 is 0 Å². The molecule has 2 heterocycles. The summed E-state index contributed by atoms with van der Waals surface area (Å²) in [4.78, 5) is 14.7. The van der Waals surface area contributed by atoms with Crippen molar-refractivity contribution < 1.29 is 14.3 Å². The van der Waals surface area contributed by atoms with Gasteiger partial charge in [-0.15, -0.1) is 0 Å². The summed E-state index contributed by atoms with van der Waals surface area (Å²) >= 11 is 0. The van der Waals surface area contributed by atoms with Crippen LogP contribution < -0.4 is 0 Å². The highest BCUT2D eigenvalue weighted by Crippen LogP contribution is 2.40. The molecule has 1 aromatic carbocycles. The number of rotatable bonds is 5. The molecule has 2 aliphatic rings. The number of piperidine rings is 1. The Morgan fingerprint density at radius 3 is 3.00 bits per heavy atom. The average Bonchev–Trinajstić information content (AvgIpc) is 2.60. The van der Waals surface area contributed by atoms with Crippen molar-refractivity contribution >= 4 is 5.91 Å². The van der Waals surface area contributed by atoms with Gasteiger partial charge in [0.25, 0.3) is 0 Å². The van der Waals surface area contributed by atoms with Crippen LogP contribution in [0.1, 0.15) is 31.2 Å². The number of aryl methyl sites for hydroxylation is 1. The second kappa shape index (κ2) is 7.45. The summed E-state index contributed by atoms with van der Waals surface area (Å²) in [5, 5.41) is 0. The molecule has 2 fully saturated rings. The van der Waals surface area contributed by atoms with E-state index in [2.05, 4.69) is 12.1 Å². The standard InChI is InChI=1S/C19H27NO3/c1-22-15-19-11-5-13-23-17(19)10-12-20(14-19)18(21)9-8-16-6-3-2-4-7-16/h2-4,6-7,17H,5,8-15H2,1H3/t17-,19-/m0/s1. The van der Waals surface area contributed by atoms with Crippen molar-refractivity contribution in [1.29, 1.82) is 0 Å². The maximum Gasteiger partial charge on any atom is 0.222 e. The van der Waals surface area contributed by atoms with Crippen molar-refractivity contribution in [3.63, 3.8) is 0 Å². The summed E-state index contributed by atoms with van der Waals surface area (Å²) in [6.45, 7) is 3.11. The first kappa shape index (κ1) is 16.5. The van der Waals surface area contributed by atoms with Gasteiger partial charge in [-0.25, -0.2) is 0 Å².